The third kappa shape index (κ3) is 1.79. The SMILES string of the molecule is C=C(C)C1CCC(=O)C1C(=O)OC. The van der Waals surface area contributed by atoms with Gasteiger partial charge in [-0.3, -0.25) is 9.59 Å². The van der Waals surface area contributed by atoms with E-state index in [0.29, 0.717) is 6.42 Å². The lowest BCUT2D eigenvalue weighted by molar-refractivity contribution is -0.149. The van der Waals surface area contributed by atoms with E-state index in [1.165, 1.54) is 7.11 Å². The van der Waals surface area contributed by atoms with Crippen LogP contribution < -0.4 is 0 Å². The lowest BCUT2D eigenvalue weighted by atomic mass is 9.90. The number of carbonyl (C=O) groups excluding carboxylic acids is 2. The molecule has 0 heterocycles. The second kappa shape index (κ2) is 3.73. The Bertz CT molecular complexity index is 255. The first-order valence-electron chi connectivity index (χ1n) is 4.34. The number of Topliss-reactive ketones (excluding diaryl/α,β-unsaturated/α-hetero) is 1. The third-order valence-electron chi connectivity index (χ3n) is 2.54. The number of hydrogen-bond donors (Lipinski definition) is 0. The van der Waals surface area contributed by atoms with Gasteiger partial charge < -0.3 is 4.74 Å². The minimum absolute atomic E-state index is 0.0139. The predicted octanol–water partition coefficient (Wildman–Crippen LogP) is 1.33. The molecule has 0 N–H and O–H groups in total. The molecule has 0 saturated heterocycles. The highest BCUT2D eigenvalue weighted by Crippen LogP contribution is 2.34. The summed E-state index contributed by atoms with van der Waals surface area (Å²) >= 11 is 0. The summed E-state index contributed by atoms with van der Waals surface area (Å²) in [5, 5.41) is 0. The van der Waals surface area contributed by atoms with Crippen LogP contribution in [0.25, 0.3) is 0 Å². The van der Waals surface area contributed by atoms with E-state index in [2.05, 4.69) is 11.3 Å². The van der Waals surface area contributed by atoms with E-state index in [0.717, 1.165) is 12.0 Å². The van der Waals surface area contributed by atoms with Gasteiger partial charge in [-0.1, -0.05) is 12.2 Å². The van der Waals surface area contributed by atoms with Crippen LogP contribution in [0.3, 0.4) is 0 Å². The van der Waals surface area contributed by atoms with Crippen LogP contribution in [0.1, 0.15) is 19.8 Å². The Morgan fingerprint density at radius 1 is 1.62 bits per heavy atom. The average Bonchev–Trinajstić information content (AvgIpc) is 2.46. The van der Waals surface area contributed by atoms with Crippen LogP contribution in [0, 0.1) is 11.8 Å². The van der Waals surface area contributed by atoms with Crippen LogP contribution in [-0.4, -0.2) is 18.9 Å². The lowest BCUT2D eigenvalue weighted by Crippen LogP contribution is -2.26. The number of ether oxygens (including phenoxy) is 1. The second-order valence-corrected chi connectivity index (χ2v) is 3.46. The largest absolute Gasteiger partial charge is 0.468 e. The standard InChI is InChI=1S/C10H14O3/c1-6(2)7-4-5-8(11)9(7)10(12)13-3/h7,9H,1,4-5H2,2-3H3. The highest BCUT2D eigenvalue weighted by atomic mass is 16.5. The first-order valence-corrected chi connectivity index (χ1v) is 4.34. The Morgan fingerprint density at radius 3 is 2.69 bits per heavy atom. The number of methoxy groups -OCH3 is 1. The zero-order valence-electron chi connectivity index (χ0n) is 8.00. The fraction of sp³-hybridized carbons (Fsp3) is 0.600. The molecular weight excluding hydrogens is 168 g/mol. The van der Waals surface area contributed by atoms with E-state index in [9.17, 15) is 9.59 Å². The Balaban J connectivity index is 2.83. The first-order chi connectivity index (χ1) is 6.07. The van der Waals surface area contributed by atoms with Gasteiger partial charge in [0.05, 0.1) is 7.11 Å². The maximum atomic E-state index is 11.3. The molecule has 3 nitrogen and oxygen atoms in total. The highest BCUT2D eigenvalue weighted by Gasteiger charge is 2.40. The van der Waals surface area contributed by atoms with Gasteiger partial charge in [0.1, 0.15) is 11.7 Å². The molecule has 0 aromatic heterocycles. The molecule has 0 radical (unpaired) electrons. The maximum absolute atomic E-state index is 11.3. The topological polar surface area (TPSA) is 43.4 Å². The number of esters is 1. The monoisotopic (exact) mass is 182 g/mol. The van der Waals surface area contributed by atoms with Gasteiger partial charge in [0, 0.05) is 6.42 Å². The van der Waals surface area contributed by atoms with Gasteiger partial charge >= 0.3 is 5.97 Å². The molecule has 72 valence electrons. The van der Waals surface area contributed by atoms with E-state index in [1.807, 2.05) is 6.92 Å². The fourth-order valence-corrected chi connectivity index (χ4v) is 1.80. The van der Waals surface area contributed by atoms with Crippen molar-refractivity contribution in [3.05, 3.63) is 12.2 Å². The lowest BCUT2D eigenvalue weighted by Gasteiger charge is -2.15. The second-order valence-electron chi connectivity index (χ2n) is 3.46. The van der Waals surface area contributed by atoms with Crippen LogP contribution in [0.5, 0.6) is 0 Å². The fourth-order valence-electron chi connectivity index (χ4n) is 1.80. The van der Waals surface area contributed by atoms with E-state index >= 15 is 0 Å². The normalized spacial score (nSPS) is 27.4. The number of ketones is 1. The molecule has 1 rings (SSSR count). The van der Waals surface area contributed by atoms with Gasteiger partial charge in [-0.2, -0.15) is 0 Å². The molecular formula is C10H14O3. The molecule has 0 bridgehead atoms. The van der Waals surface area contributed by atoms with Crippen molar-refractivity contribution in [2.45, 2.75) is 19.8 Å². The Kier molecular flexibility index (Phi) is 2.86. The van der Waals surface area contributed by atoms with Crippen molar-refractivity contribution in [3.63, 3.8) is 0 Å². The number of hydrogen-bond acceptors (Lipinski definition) is 3. The summed E-state index contributed by atoms with van der Waals surface area (Å²) in [6.07, 6.45) is 1.20. The smallest absolute Gasteiger partial charge is 0.316 e. The molecule has 0 aromatic carbocycles. The zero-order valence-corrected chi connectivity index (χ0v) is 8.00. The third-order valence-corrected chi connectivity index (χ3v) is 2.54. The Labute approximate surface area is 77.8 Å². The van der Waals surface area contributed by atoms with E-state index in [4.69, 9.17) is 0 Å². The van der Waals surface area contributed by atoms with Gasteiger partial charge in [0.2, 0.25) is 0 Å². The average molecular weight is 182 g/mol. The maximum Gasteiger partial charge on any atom is 0.316 e. The molecule has 2 unspecified atom stereocenters. The highest BCUT2D eigenvalue weighted by molar-refractivity contribution is 6.01. The number of rotatable bonds is 2. The number of allylic oxidation sites excluding steroid dienone is 1. The summed E-state index contributed by atoms with van der Waals surface area (Å²) in [5.41, 5.74) is 0.890. The molecule has 0 amide bonds. The first kappa shape index (κ1) is 9.96. The van der Waals surface area contributed by atoms with Crippen molar-refractivity contribution in [1.82, 2.24) is 0 Å². The summed E-state index contributed by atoms with van der Waals surface area (Å²) in [7, 11) is 1.31. The van der Waals surface area contributed by atoms with E-state index in [-0.39, 0.29) is 11.7 Å². The Hall–Kier alpha value is -1.12. The van der Waals surface area contributed by atoms with Crippen molar-refractivity contribution in [3.8, 4) is 0 Å². The van der Waals surface area contributed by atoms with Crippen molar-refractivity contribution < 1.29 is 14.3 Å². The number of carbonyl (C=O) groups is 2. The van der Waals surface area contributed by atoms with Gasteiger partial charge in [0.25, 0.3) is 0 Å². The molecule has 1 aliphatic rings. The molecule has 0 aliphatic heterocycles. The molecule has 0 aromatic rings. The van der Waals surface area contributed by atoms with Gasteiger partial charge in [0.15, 0.2) is 0 Å². The van der Waals surface area contributed by atoms with Crippen LogP contribution in [0.4, 0.5) is 0 Å². The molecule has 1 saturated carbocycles. The quantitative estimate of drug-likeness (QED) is 0.367. The molecule has 1 aliphatic carbocycles. The molecule has 1 fully saturated rings. The van der Waals surface area contributed by atoms with Crippen LogP contribution in [-0.2, 0) is 14.3 Å². The summed E-state index contributed by atoms with van der Waals surface area (Å²) < 4.78 is 4.58. The predicted molar refractivity (Wildman–Crippen MR) is 48.1 cm³/mol. The van der Waals surface area contributed by atoms with Crippen molar-refractivity contribution in [2.24, 2.45) is 11.8 Å². The minimum Gasteiger partial charge on any atom is -0.468 e. The molecule has 13 heavy (non-hydrogen) atoms. The molecule has 0 spiro atoms. The van der Waals surface area contributed by atoms with Crippen molar-refractivity contribution >= 4 is 11.8 Å². The van der Waals surface area contributed by atoms with E-state index < -0.39 is 11.9 Å². The molecule has 2 atom stereocenters. The summed E-state index contributed by atoms with van der Waals surface area (Å²) in [6, 6.07) is 0. The van der Waals surface area contributed by atoms with Crippen LogP contribution in [0.15, 0.2) is 12.2 Å². The van der Waals surface area contributed by atoms with Gasteiger partial charge in [-0.25, -0.2) is 0 Å². The molecule has 3 heteroatoms. The summed E-state index contributed by atoms with van der Waals surface area (Å²) in [6.45, 7) is 5.62. The van der Waals surface area contributed by atoms with Crippen molar-refractivity contribution in [2.75, 3.05) is 7.11 Å². The van der Waals surface area contributed by atoms with Gasteiger partial charge in [-0.15, -0.1) is 0 Å². The van der Waals surface area contributed by atoms with Gasteiger partial charge in [-0.05, 0) is 19.3 Å². The summed E-state index contributed by atoms with van der Waals surface area (Å²) in [5.74, 6) is -1.04. The van der Waals surface area contributed by atoms with Crippen molar-refractivity contribution in [1.29, 1.82) is 0 Å². The minimum atomic E-state index is -0.595. The summed E-state index contributed by atoms with van der Waals surface area (Å²) in [4.78, 5) is 22.6. The Morgan fingerprint density at radius 2 is 2.23 bits per heavy atom. The zero-order chi connectivity index (χ0) is 10.0. The van der Waals surface area contributed by atoms with E-state index in [1.54, 1.807) is 0 Å². The van der Waals surface area contributed by atoms with Crippen LogP contribution in [0.2, 0.25) is 0 Å². The van der Waals surface area contributed by atoms with Crippen LogP contribution >= 0.6 is 0 Å².